The number of carbonyl (C=O) groups excluding carboxylic acids is 2. The van der Waals surface area contributed by atoms with Gasteiger partial charge in [-0.2, -0.15) is 0 Å². The van der Waals surface area contributed by atoms with Crippen LogP contribution in [0.15, 0.2) is 83.9 Å². The number of rotatable bonds is 6. The predicted octanol–water partition coefficient (Wildman–Crippen LogP) is 4.38. The van der Waals surface area contributed by atoms with Gasteiger partial charge in [-0.15, -0.1) is 0 Å². The van der Waals surface area contributed by atoms with E-state index < -0.39 is 12.1 Å². The summed E-state index contributed by atoms with van der Waals surface area (Å²) in [5.41, 5.74) is 3.09. The van der Waals surface area contributed by atoms with E-state index >= 15 is 0 Å². The second-order valence-electron chi connectivity index (χ2n) is 10.7. The van der Waals surface area contributed by atoms with Gasteiger partial charge in [-0.1, -0.05) is 42.2 Å². The molecule has 1 aliphatic heterocycles. The molecule has 220 valence electrons. The Hall–Kier alpha value is -5.33. The van der Waals surface area contributed by atoms with Crippen molar-refractivity contribution < 1.29 is 14.3 Å². The number of amides is 2. The van der Waals surface area contributed by atoms with E-state index in [1.54, 1.807) is 36.0 Å². The fourth-order valence-electron chi connectivity index (χ4n) is 5.56. The Bertz CT molecular complexity index is 2000. The first-order chi connectivity index (χ1) is 21.4. The van der Waals surface area contributed by atoms with Crippen molar-refractivity contribution in [3.63, 3.8) is 0 Å². The molecule has 3 aromatic heterocycles. The fourth-order valence-corrected chi connectivity index (χ4v) is 5.56. The molecule has 1 saturated heterocycles. The lowest BCUT2D eigenvalue weighted by Gasteiger charge is -2.22. The van der Waals surface area contributed by atoms with Crippen molar-refractivity contribution >= 4 is 33.5 Å². The smallest absolute Gasteiger partial charge is 0.264 e. The monoisotopic (exact) mass is 585 g/mol. The van der Waals surface area contributed by atoms with E-state index in [4.69, 9.17) is 4.74 Å². The molecule has 1 fully saturated rings. The molecule has 4 heterocycles. The number of ether oxygens (including phenoxy) is 1. The average molecular weight is 586 g/mol. The molecule has 0 saturated carbocycles. The Kier molecular flexibility index (Phi) is 8.17. The Labute approximate surface area is 254 Å². The molecule has 0 aliphatic carbocycles. The summed E-state index contributed by atoms with van der Waals surface area (Å²) in [7, 11) is 0. The van der Waals surface area contributed by atoms with Crippen LogP contribution in [-0.2, 0) is 9.53 Å². The minimum Gasteiger partial charge on any atom is -0.368 e. The number of para-hydroxylation sites is 1. The molecule has 1 aliphatic rings. The third-order valence-electron chi connectivity index (χ3n) is 7.74. The van der Waals surface area contributed by atoms with Crippen molar-refractivity contribution in [1.29, 1.82) is 0 Å². The van der Waals surface area contributed by atoms with Gasteiger partial charge in [-0.3, -0.25) is 28.9 Å². The highest BCUT2D eigenvalue weighted by Crippen LogP contribution is 2.25. The molecule has 0 bridgehead atoms. The van der Waals surface area contributed by atoms with Crippen LogP contribution in [0.1, 0.15) is 53.1 Å². The number of carbonyl (C=O) groups is 2. The van der Waals surface area contributed by atoms with Crippen LogP contribution in [0.4, 0.5) is 0 Å². The molecule has 2 N–H and O–H groups in total. The summed E-state index contributed by atoms with van der Waals surface area (Å²) in [6, 6.07) is 19.8. The van der Waals surface area contributed by atoms with E-state index in [-0.39, 0.29) is 23.9 Å². The lowest BCUT2D eigenvalue weighted by Crippen LogP contribution is -2.34. The summed E-state index contributed by atoms with van der Waals surface area (Å²) in [5.74, 6) is 5.55. The number of hydrogen-bond donors (Lipinski definition) is 2. The van der Waals surface area contributed by atoms with Crippen molar-refractivity contribution in [3.8, 4) is 17.5 Å². The van der Waals surface area contributed by atoms with Crippen LogP contribution in [0.5, 0.6) is 0 Å². The highest BCUT2D eigenvalue weighted by atomic mass is 16.5. The van der Waals surface area contributed by atoms with Gasteiger partial charge in [0.15, 0.2) is 0 Å². The van der Waals surface area contributed by atoms with E-state index in [0.717, 1.165) is 11.8 Å². The van der Waals surface area contributed by atoms with Crippen molar-refractivity contribution in [2.75, 3.05) is 13.2 Å². The first-order valence-electron chi connectivity index (χ1n) is 14.6. The molecule has 2 amide bonds. The molecule has 0 spiro atoms. The van der Waals surface area contributed by atoms with E-state index in [0.29, 0.717) is 57.5 Å². The van der Waals surface area contributed by atoms with Gasteiger partial charge >= 0.3 is 0 Å². The maximum atomic E-state index is 14.3. The molecule has 5 aromatic rings. The van der Waals surface area contributed by atoms with Gasteiger partial charge in [0.05, 0.1) is 34.7 Å². The van der Waals surface area contributed by atoms with Crippen molar-refractivity contribution in [3.05, 3.63) is 112 Å². The highest BCUT2D eigenvalue weighted by Gasteiger charge is 2.24. The Balaban J connectivity index is 1.37. The van der Waals surface area contributed by atoms with Gasteiger partial charge in [0.1, 0.15) is 6.10 Å². The van der Waals surface area contributed by atoms with Gasteiger partial charge in [-0.05, 0) is 68.5 Å². The van der Waals surface area contributed by atoms with Crippen molar-refractivity contribution in [1.82, 2.24) is 25.2 Å². The largest absolute Gasteiger partial charge is 0.368 e. The molecule has 9 nitrogen and oxygen atoms in total. The molecule has 6 rings (SSSR count). The third kappa shape index (κ3) is 5.68. The molecule has 0 unspecified atom stereocenters. The van der Waals surface area contributed by atoms with Gasteiger partial charge in [0.2, 0.25) is 5.91 Å². The zero-order chi connectivity index (χ0) is 30.6. The zero-order valence-corrected chi connectivity index (χ0v) is 24.5. The normalized spacial score (nSPS) is 15.0. The number of nitrogens with zero attached hydrogens (tertiary/aromatic N) is 3. The second-order valence-corrected chi connectivity index (χ2v) is 10.7. The second kappa shape index (κ2) is 12.5. The standard InChI is InChI=1S/C35H31N5O4/c1-22(39-34(42)30-23(2)38-21-26-13-8-17-36-32(26)30)28-20-25-11-6-10-24(12-7-18-37-33(41)29-16-9-19-44-29)31(25)35(43)40(28)27-14-4-3-5-15-27/h3-6,8,10-11,13-15,17,20-22,29H,9,16,18-19H2,1-2H3,(H,37,41)(H,39,42)/t22-,29-/m1/s1. The van der Waals surface area contributed by atoms with E-state index in [1.807, 2.05) is 61.5 Å². The number of nitrogens with one attached hydrogen (secondary N) is 2. The molecule has 44 heavy (non-hydrogen) atoms. The van der Waals surface area contributed by atoms with Crippen LogP contribution < -0.4 is 16.2 Å². The highest BCUT2D eigenvalue weighted by molar-refractivity contribution is 6.06. The lowest BCUT2D eigenvalue weighted by atomic mass is 10.0. The first kappa shape index (κ1) is 28.8. The maximum absolute atomic E-state index is 14.3. The van der Waals surface area contributed by atoms with Crippen LogP contribution >= 0.6 is 0 Å². The van der Waals surface area contributed by atoms with Gasteiger partial charge in [0.25, 0.3) is 11.5 Å². The summed E-state index contributed by atoms with van der Waals surface area (Å²) in [6.45, 7) is 4.36. The van der Waals surface area contributed by atoms with Crippen molar-refractivity contribution in [2.45, 2.75) is 38.8 Å². The maximum Gasteiger partial charge on any atom is 0.264 e. The fraction of sp³-hybridized carbons (Fsp3) is 0.229. The number of aromatic nitrogens is 3. The number of hydrogen-bond acceptors (Lipinski definition) is 6. The van der Waals surface area contributed by atoms with E-state index in [9.17, 15) is 14.4 Å². The molecular weight excluding hydrogens is 554 g/mol. The van der Waals surface area contributed by atoms with Crippen LogP contribution in [0.2, 0.25) is 0 Å². The Morgan fingerprint density at radius 2 is 1.89 bits per heavy atom. The molecular formula is C35H31N5O4. The van der Waals surface area contributed by atoms with Gasteiger partial charge in [0, 0.05) is 41.3 Å². The van der Waals surface area contributed by atoms with E-state index in [1.165, 1.54) is 0 Å². The van der Waals surface area contributed by atoms with Crippen LogP contribution in [0, 0.1) is 18.8 Å². The average Bonchev–Trinajstić information content (AvgIpc) is 3.58. The molecule has 9 heteroatoms. The minimum absolute atomic E-state index is 0.139. The van der Waals surface area contributed by atoms with Crippen LogP contribution in [0.3, 0.4) is 0 Å². The SMILES string of the molecule is Cc1ncc2cccnc2c1C(=O)N[C@H](C)c1cc2cccc(C#CCNC(=O)[C@H]3CCCO3)c2c(=O)n1-c1ccccc1. The third-order valence-corrected chi connectivity index (χ3v) is 7.74. The molecule has 2 aromatic carbocycles. The lowest BCUT2D eigenvalue weighted by molar-refractivity contribution is -0.129. The first-order valence-corrected chi connectivity index (χ1v) is 14.6. The summed E-state index contributed by atoms with van der Waals surface area (Å²) in [4.78, 5) is 49.0. The minimum atomic E-state index is -0.555. The van der Waals surface area contributed by atoms with Crippen molar-refractivity contribution in [2.24, 2.45) is 0 Å². The number of aryl methyl sites for hydroxylation is 1. The zero-order valence-electron chi connectivity index (χ0n) is 24.5. The number of fused-ring (bicyclic) bond motifs is 2. The predicted molar refractivity (Wildman–Crippen MR) is 169 cm³/mol. The number of benzene rings is 2. The van der Waals surface area contributed by atoms with Gasteiger partial charge < -0.3 is 15.4 Å². The Morgan fingerprint density at radius 3 is 2.68 bits per heavy atom. The van der Waals surface area contributed by atoms with Gasteiger partial charge in [-0.25, -0.2) is 0 Å². The van der Waals surface area contributed by atoms with Crippen LogP contribution in [-0.4, -0.2) is 45.6 Å². The summed E-state index contributed by atoms with van der Waals surface area (Å²) < 4.78 is 7.04. The summed E-state index contributed by atoms with van der Waals surface area (Å²) >= 11 is 0. The molecule has 2 atom stereocenters. The quantitative estimate of drug-likeness (QED) is 0.286. The van der Waals surface area contributed by atoms with Crippen LogP contribution in [0.25, 0.3) is 27.4 Å². The molecule has 0 radical (unpaired) electrons. The summed E-state index contributed by atoms with van der Waals surface area (Å²) in [6.07, 6.45) is 4.50. The number of pyridine rings is 3. The Morgan fingerprint density at radius 1 is 1.07 bits per heavy atom. The van der Waals surface area contributed by atoms with E-state index in [2.05, 4.69) is 32.4 Å². The topological polar surface area (TPSA) is 115 Å². The summed E-state index contributed by atoms with van der Waals surface area (Å²) in [5, 5.41) is 7.79.